The summed E-state index contributed by atoms with van der Waals surface area (Å²) in [5.41, 5.74) is 3.92. The van der Waals surface area contributed by atoms with Crippen LogP contribution in [-0.2, 0) is 13.2 Å². The second-order valence-electron chi connectivity index (χ2n) is 5.90. The van der Waals surface area contributed by atoms with Crippen LogP contribution in [0.4, 0.5) is 4.39 Å². The lowest BCUT2D eigenvalue weighted by molar-refractivity contribution is 0.300. The highest BCUT2D eigenvalue weighted by molar-refractivity contribution is 5.57. The van der Waals surface area contributed by atoms with Crippen LogP contribution in [0.25, 0.3) is 5.70 Å². The van der Waals surface area contributed by atoms with Gasteiger partial charge in [-0.15, -0.1) is 0 Å². The highest BCUT2D eigenvalue weighted by Crippen LogP contribution is 2.16. The van der Waals surface area contributed by atoms with Crippen molar-refractivity contribution in [1.82, 2.24) is 15.3 Å². The van der Waals surface area contributed by atoms with Gasteiger partial charge in [0.25, 0.3) is 0 Å². The maximum absolute atomic E-state index is 13.6. The third-order valence-corrected chi connectivity index (χ3v) is 3.87. The third-order valence-electron chi connectivity index (χ3n) is 3.87. The normalized spacial score (nSPS) is 10.4. The van der Waals surface area contributed by atoms with Crippen molar-refractivity contribution in [2.75, 3.05) is 0 Å². The van der Waals surface area contributed by atoms with Crippen LogP contribution < -0.4 is 10.1 Å². The molecule has 0 saturated heterocycles. The Labute approximate surface area is 152 Å². The second-order valence-corrected chi connectivity index (χ2v) is 5.90. The molecule has 0 aliphatic rings. The molecular weight excluding hydrogens is 329 g/mol. The molecule has 0 spiro atoms. The summed E-state index contributed by atoms with van der Waals surface area (Å²) in [5, 5.41) is 3.23. The fraction of sp³-hybridized carbons (Fsp3) is 0.143. The Morgan fingerprint density at radius 3 is 2.54 bits per heavy atom. The van der Waals surface area contributed by atoms with Crippen LogP contribution in [0.15, 0.2) is 67.5 Å². The van der Waals surface area contributed by atoms with Gasteiger partial charge in [0.1, 0.15) is 23.9 Å². The lowest BCUT2D eigenvalue weighted by Crippen LogP contribution is -2.12. The second kappa shape index (κ2) is 8.25. The van der Waals surface area contributed by atoms with Crippen molar-refractivity contribution in [3.05, 3.63) is 95.8 Å². The smallest absolute Gasteiger partial charge is 0.129 e. The van der Waals surface area contributed by atoms with Crippen LogP contribution in [0.5, 0.6) is 5.75 Å². The van der Waals surface area contributed by atoms with Crippen LogP contribution in [0.1, 0.15) is 22.5 Å². The Balaban J connectivity index is 1.52. The molecule has 1 aromatic heterocycles. The number of halogens is 1. The van der Waals surface area contributed by atoms with E-state index in [0.717, 1.165) is 22.6 Å². The maximum atomic E-state index is 13.6. The van der Waals surface area contributed by atoms with E-state index in [2.05, 4.69) is 21.9 Å². The van der Waals surface area contributed by atoms with Gasteiger partial charge in [0.05, 0.1) is 17.6 Å². The molecule has 5 heteroatoms. The van der Waals surface area contributed by atoms with Crippen molar-refractivity contribution in [2.24, 2.45) is 0 Å². The molecule has 3 rings (SSSR count). The topological polar surface area (TPSA) is 47.0 Å². The van der Waals surface area contributed by atoms with Gasteiger partial charge in [0.15, 0.2) is 0 Å². The lowest BCUT2D eigenvalue weighted by Gasteiger charge is -2.10. The Kier molecular flexibility index (Phi) is 5.59. The molecule has 4 nitrogen and oxygen atoms in total. The van der Waals surface area contributed by atoms with Crippen LogP contribution >= 0.6 is 0 Å². The molecule has 132 valence electrons. The van der Waals surface area contributed by atoms with E-state index in [-0.39, 0.29) is 12.4 Å². The lowest BCUT2D eigenvalue weighted by atomic mass is 10.2. The first-order chi connectivity index (χ1) is 12.6. The monoisotopic (exact) mass is 349 g/mol. The van der Waals surface area contributed by atoms with Crippen molar-refractivity contribution in [3.8, 4) is 5.75 Å². The minimum atomic E-state index is -0.258. The van der Waals surface area contributed by atoms with Gasteiger partial charge in [0.2, 0.25) is 0 Å². The molecule has 3 aromatic rings. The van der Waals surface area contributed by atoms with Crippen molar-refractivity contribution in [2.45, 2.75) is 20.1 Å². The number of nitrogens with one attached hydrogen (secondary N) is 1. The standard InChI is InChI=1S/C21H20FN3O/c1-15-11-25-21(13-23-15)16(2)24-12-17-7-9-19(10-8-17)26-14-18-5-3-4-6-20(18)22/h3-11,13,24H,2,12,14H2,1H3. The summed E-state index contributed by atoms with van der Waals surface area (Å²) in [6, 6.07) is 14.2. The van der Waals surface area contributed by atoms with Gasteiger partial charge in [-0.05, 0) is 30.7 Å². The molecule has 26 heavy (non-hydrogen) atoms. The SMILES string of the molecule is C=C(NCc1ccc(OCc2ccccc2F)cc1)c1cnc(C)cn1. The van der Waals surface area contributed by atoms with Crippen LogP contribution in [0.3, 0.4) is 0 Å². The van der Waals surface area contributed by atoms with Gasteiger partial charge in [-0.3, -0.25) is 9.97 Å². The number of ether oxygens (including phenoxy) is 1. The van der Waals surface area contributed by atoms with Gasteiger partial charge >= 0.3 is 0 Å². The number of benzene rings is 2. The van der Waals surface area contributed by atoms with E-state index < -0.39 is 0 Å². The zero-order valence-corrected chi connectivity index (χ0v) is 14.6. The van der Waals surface area contributed by atoms with Gasteiger partial charge in [-0.1, -0.05) is 36.9 Å². The number of hydrogen-bond acceptors (Lipinski definition) is 4. The zero-order chi connectivity index (χ0) is 18.4. The van der Waals surface area contributed by atoms with Crippen molar-refractivity contribution in [3.63, 3.8) is 0 Å². The molecule has 0 amide bonds. The third kappa shape index (κ3) is 4.66. The number of aryl methyl sites for hydroxylation is 1. The Bertz CT molecular complexity index is 877. The molecule has 1 N–H and O–H groups in total. The van der Waals surface area contributed by atoms with E-state index in [9.17, 15) is 4.39 Å². The molecule has 0 aliphatic carbocycles. The highest BCUT2D eigenvalue weighted by atomic mass is 19.1. The van der Waals surface area contributed by atoms with E-state index in [0.29, 0.717) is 17.9 Å². The molecule has 0 bridgehead atoms. The largest absolute Gasteiger partial charge is 0.489 e. The quantitative estimate of drug-likeness (QED) is 0.692. The summed E-state index contributed by atoms with van der Waals surface area (Å²) < 4.78 is 19.2. The summed E-state index contributed by atoms with van der Waals surface area (Å²) in [6.45, 7) is 6.69. The first-order valence-corrected chi connectivity index (χ1v) is 8.29. The Morgan fingerprint density at radius 1 is 1.08 bits per heavy atom. The summed E-state index contributed by atoms with van der Waals surface area (Å²) in [5.74, 6) is 0.436. The summed E-state index contributed by atoms with van der Waals surface area (Å²) in [4.78, 5) is 8.50. The van der Waals surface area contributed by atoms with Crippen molar-refractivity contribution >= 4 is 5.70 Å². The van der Waals surface area contributed by atoms with Crippen LogP contribution in [0.2, 0.25) is 0 Å². The average molecular weight is 349 g/mol. The number of rotatable bonds is 7. The molecule has 0 saturated carbocycles. The van der Waals surface area contributed by atoms with Gasteiger partial charge in [-0.2, -0.15) is 0 Å². The predicted octanol–water partition coefficient (Wildman–Crippen LogP) is 4.26. The molecular formula is C21H20FN3O. The zero-order valence-electron chi connectivity index (χ0n) is 14.6. The van der Waals surface area contributed by atoms with Gasteiger partial charge in [-0.25, -0.2) is 4.39 Å². The van der Waals surface area contributed by atoms with Gasteiger partial charge in [0, 0.05) is 18.3 Å². The Morgan fingerprint density at radius 2 is 1.85 bits per heavy atom. The summed E-state index contributed by atoms with van der Waals surface area (Å²) >= 11 is 0. The number of hydrogen-bond donors (Lipinski definition) is 1. The minimum Gasteiger partial charge on any atom is -0.489 e. The summed E-state index contributed by atoms with van der Waals surface area (Å²) in [6.07, 6.45) is 3.41. The van der Waals surface area contributed by atoms with Crippen LogP contribution in [-0.4, -0.2) is 9.97 Å². The van der Waals surface area contributed by atoms with Crippen LogP contribution in [0, 0.1) is 12.7 Å². The Hall–Kier alpha value is -3.21. The van der Waals surface area contributed by atoms with E-state index >= 15 is 0 Å². The van der Waals surface area contributed by atoms with E-state index in [1.165, 1.54) is 6.07 Å². The minimum absolute atomic E-state index is 0.202. The van der Waals surface area contributed by atoms with E-state index in [1.54, 1.807) is 30.6 Å². The number of nitrogens with zero attached hydrogens (tertiary/aromatic N) is 2. The molecule has 0 unspecified atom stereocenters. The van der Waals surface area contributed by atoms with E-state index in [1.807, 2.05) is 31.2 Å². The molecule has 0 atom stereocenters. The average Bonchev–Trinajstić information content (AvgIpc) is 2.67. The van der Waals surface area contributed by atoms with Crippen molar-refractivity contribution < 1.29 is 9.13 Å². The van der Waals surface area contributed by atoms with Crippen molar-refractivity contribution in [1.29, 1.82) is 0 Å². The fourth-order valence-electron chi connectivity index (χ4n) is 2.33. The molecule has 0 fully saturated rings. The fourth-order valence-corrected chi connectivity index (χ4v) is 2.33. The van der Waals surface area contributed by atoms with Gasteiger partial charge < -0.3 is 10.1 Å². The molecule has 2 aromatic carbocycles. The summed E-state index contributed by atoms with van der Waals surface area (Å²) in [7, 11) is 0. The number of aromatic nitrogens is 2. The first-order valence-electron chi connectivity index (χ1n) is 8.29. The molecule has 0 aliphatic heterocycles. The van der Waals surface area contributed by atoms with E-state index in [4.69, 9.17) is 4.74 Å². The molecule has 0 radical (unpaired) electrons. The first kappa shape index (κ1) is 17.6. The maximum Gasteiger partial charge on any atom is 0.129 e. The predicted molar refractivity (Wildman–Crippen MR) is 99.8 cm³/mol. The molecule has 1 heterocycles. The highest BCUT2D eigenvalue weighted by Gasteiger charge is 2.03.